The fourth-order valence-corrected chi connectivity index (χ4v) is 3.51. The van der Waals surface area contributed by atoms with E-state index in [0.717, 1.165) is 45.3 Å². The van der Waals surface area contributed by atoms with E-state index in [0.29, 0.717) is 18.4 Å². The molecule has 1 saturated heterocycles. The van der Waals surface area contributed by atoms with Crippen LogP contribution in [-0.2, 0) is 9.53 Å². The van der Waals surface area contributed by atoms with Gasteiger partial charge < -0.3 is 15.0 Å². The number of carbonyl (C=O) groups excluding carboxylic acids is 1. The molecule has 20 heavy (non-hydrogen) atoms. The molecule has 1 unspecified atom stereocenters. The molecule has 1 aliphatic carbocycles. The lowest BCUT2D eigenvalue weighted by Gasteiger charge is -2.45. The molecule has 1 aliphatic heterocycles. The van der Waals surface area contributed by atoms with Gasteiger partial charge in [0.1, 0.15) is 0 Å². The van der Waals surface area contributed by atoms with Crippen LogP contribution in [0.1, 0.15) is 38.5 Å². The molecule has 4 nitrogen and oxygen atoms in total. The topological polar surface area (TPSA) is 41.6 Å². The molecule has 5 heteroatoms. The summed E-state index contributed by atoms with van der Waals surface area (Å²) in [5, 5.41) is 3.24. The Morgan fingerprint density at radius 1 is 1.40 bits per heavy atom. The summed E-state index contributed by atoms with van der Waals surface area (Å²) in [6.07, 6.45) is 6.61. The van der Waals surface area contributed by atoms with E-state index >= 15 is 0 Å². The first-order valence-electron chi connectivity index (χ1n) is 7.65. The highest BCUT2D eigenvalue weighted by molar-refractivity contribution is 5.85. The molecule has 0 aromatic heterocycles. The number of piperidine rings is 1. The van der Waals surface area contributed by atoms with Crippen LogP contribution in [0.2, 0.25) is 0 Å². The van der Waals surface area contributed by atoms with Crippen LogP contribution in [0.3, 0.4) is 0 Å². The number of amides is 1. The Bertz CT molecular complexity index is 306. The van der Waals surface area contributed by atoms with E-state index in [1.54, 1.807) is 7.11 Å². The second-order valence-corrected chi connectivity index (χ2v) is 6.19. The van der Waals surface area contributed by atoms with E-state index in [2.05, 4.69) is 10.2 Å². The second kappa shape index (κ2) is 8.20. The molecule has 1 N–H and O–H groups in total. The van der Waals surface area contributed by atoms with Gasteiger partial charge in [0, 0.05) is 26.8 Å². The summed E-state index contributed by atoms with van der Waals surface area (Å²) in [5.74, 6) is 1.03. The molecule has 0 radical (unpaired) electrons. The summed E-state index contributed by atoms with van der Waals surface area (Å²) in [5.41, 5.74) is -0.0858. The zero-order valence-electron chi connectivity index (χ0n) is 12.8. The zero-order valence-corrected chi connectivity index (χ0v) is 13.6. The minimum absolute atomic E-state index is 0. The molecule has 0 spiro atoms. The molecule has 0 bridgehead atoms. The number of ether oxygens (including phenoxy) is 1. The van der Waals surface area contributed by atoms with Gasteiger partial charge >= 0.3 is 0 Å². The Morgan fingerprint density at radius 3 is 2.70 bits per heavy atom. The lowest BCUT2D eigenvalue weighted by molar-refractivity contribution is -0.151. The predicted molar refractivity (Wildman–Crippen MR) is 83.3 cm³/mol. The number of hydrogen-bond acceptors (Lipinski definition) is 3. The van der Waals surface area contributed by atoms with Crippen molar-refractivity contribution in [2.75, 3.05) is 40.4 Å². The van der Waals surface area contributed by atoms with E-state index < -0.39 is 0 Å². The van der Waals surface area contributed by atoms with Gasteiger partial charge in [-0.1, -0.05) is 6.42 Å². The summed E-state index contributed by atoms with van der Waals surface area (Å²) in [7, 11) is 3.72. The van der Waals surface area contributed by atoms with Crippen molar-refractivity contribution < 1.29 is 9.53 Å². The number of methoxy groups -OCH3 is 1. The van der Waals surface area contributed by atoms with Crippen LogP contribution in [0.5, 0.6) is 0 Å². The van der Waals surface area contributed by atoms with Crippen molar-refractivity contribution in [3.63, 3.8) is 0 Å². The number of hydrogen-bond donors (Lipinski definition) is 1. The number of halogens is 1. The SMILES string of the molecule is CNCC1CCCN(C(=O)C2(CCOC)CCC2)C1.Cl. The Balaban J connectivity index is 0.00000200. The summed E-state index contributed by atoms with van der Waals surface area (Å²) in [4.78, 5) is 14.9. The van der Waals surface area contributed by atoms with Crippen LogP contribution >= 0.6 is 12.4 Å². The van der Waals surface area contributed by atoms with Gasteiger partial charge in [0.25, 0.3) is 0 Å². The molecular weight excluding hydrogens is 276 g/mol. The Labute approximate surface area is 129 Å². The number of likely N-dealkylation sites (tertiary alicyclic amines) is 1. The highest BCUT2D eigenvalue weighted by Gasteiger charge is 2.46. The van der Waals surface area contributed by atoms with Crippen molar-refractivity contribution in [3.05, 3.63) is 0 Å². The average molecular weight is 305 g/mol. The lowest BCUT2D eigenvalue weighted by atomic mass is 9.65. The maximum absolute atomic E-state index is 12.8. The predicted octanol–water partition coefficient (Wildman–Crippen LogP) is 2.07. The maximum atomic E-state index is 12.8. The van der Waals surface area contributed by atoms with Gasteiger partial charge in [-0.05, 0) is 51.6 Å². The van der Waals surface area contributed by atoms with E-state index in [9.17, 15) is 4.79 Å². The average Bonchev–Trinajstić information content (AvgIpc) is 2.38. The molecule has 1 atom stereocenters. The van der Waals surface area contributed by atoms with Gasteiger partial charge in [-0.15, -0.1) is 12.4 Å². The standard InChI is InChI=1S/C15H28N2O2.ClH/c1-16-11-13-5-3-9-17(12-13)14(18)15(6-4-7-15)8-10-19-2;/h13,16H,3-12H2,1-2H3;1H. The minimum atomic E-state index is -0.0858. The van der Waals surface area contributed by atoms with Crippen molar-refractivity contribution in [3.8, 4) is 0 Å². The largest absolute Gasteiger partial charge is 0.385 e. The summed E-state index contributed by atoms with van der Waals surface area (Å²) in [6, 6.07) is 0. The van der Waals surface area contributed by atoms with Crippen LogP contribution < -0.4 is 5.32 Å². The first-order valence-corrected chi connectivity index (χ1v) is 7.65. The Hall–Kier alpha value is -0.320. The second-order valence-electron chi connectivity index (χ2n) is 6.19. The third-order valence-corrected chi connectivity index (χ3v) is 4.85. The molecule has 1 amide bonds. The number of nitrogens with one attached hydrogen (secondary N) is 1. The molecule has 2 aliphatic rings. The molecule has 2 rings (SSSR count). The van der Waals surface area contributed by atoms with E-state index in [-0.39, 0.29) is 17.8 Å². The van der Waals surface area contributed by atoms with Gasteiger partial charge in [0.05, 0.1) is 5.41 Å². The monoisotopic (exact) mass is 304 g/mol. The highest BCUT2D eigenvalue weighted by Crippen LogP contribution is 2.46. The minimum Gasteiger partial charge on any atom is -0.385 e. The van der Waals surface area contributed by atoms with Crippen molar-refractivity contribution >= 4 is 18.3 Å². The van der Waals surface area contributed by atoms with Crippen molar-refractivity contribution in [2.45, 2.75) is 38.5 Å². The molecule has 1 saturated carbocycles. The smallest absolute Gasteiger partial charge is 0.228 e. The molecule has 0 aromatic rings. The first-order chi connectivity index (χ1) is 9.22. The summed E-state index contributed by atoms with van der Waals surface area (Å²) < 4.78 is 5.19. The van der Waals surface area contributed by atoms with Crippen molar-refractivity contribution in [2.24, 2.45) is 11.3 Å². The fraction of sp³-hybridized carbons (Fsp3) is 0.933. The lowest BCUT2D eigenvalue weighted by Crippen LogP contribution is -2.52. The number of nitrogens with zero attached hydrogens (tertiary/aromatic N) is 1. The van der Waals surface area contributed by atoms with E-state index in [1.807, 2.05) is 7.05 Å². The van der Waals surface area contributed by atoms with Gasteiger partial charge in [-0.2, -0.15) is 0 Å². The molecule has 118 valence electrons. The summed E-state index contributed by atoms with van der Waals surface area (Å²) in [6.45, 7) is 3.62. The third-order valence-electron chi connectivity index (χ3n) is 4.85. The molecule has 1 heterocycles. The fourth-order valence-electron chi connectivity index (χ4n) is 3.51. The first kappa shape index (κ1) is 17.7. The maximum Gasteiger partial charge on any atom is 0.228 e. The van der Waals surface area contributed by atoms with Crippen LogP contribution in [0, 0.1) is 11.3 Å². The molecule has 0 aromatic carbocycles. The number of carbonyl (C=O) groups is 1. The van der Waals surface area contributed by atoms with Gasteiger partial charge in [-0.3, -0.25) is 4.79 Å². The van der Waals surface area contributed by atoms with E-state index in [4.69, 9.17) is 4.74 Å². The third kappa shape index (κ3) is 3.86. The highest BCUT2D eigenvalue weighted by atomic mass is 35.5. The normalized spacial score (nSPS) is 24.7. The Morgan fingerprint density at radius 2 is 2.15 bits per heavy atom. The van der Waals surface area contributed by atoms with Crippen molar-refractivity contribution in [1.29, 1.82) is 0 Å². The zero-order chi connectivity index (χ0) is 13.7. The summed E-state index contributed by atoms with van der Waals surface area (Å²) >= 11 is 0. The van der Waals surface area contributed by atoms with E-state index in [1.165, 1.54) is 12.8 Å². The molecular formula is C15H29ClN2O2. The van der Waals surface area contributed by atoms with Gasteiger partial charge in [0.15, 0.2) is 0 Å². The quantitative estimate of drug-likeness (QED) is 0.817. The van der Waals surface area contributed by atoms with Crippen LogP contribution in [0.4, 0.5) is 0 Å². The van der Waals surface area contributed by atoms with Gasteiger partial charge in [-0.25, -0.2) is 0 Å². The van der Waals surface area contributed by atoms with Crippen LogP contribution in [0.25, 0.3) is 0 Å². The number of rotatable bonds is 6. The molecule has 2 fully saturated rings. The Kier molecular flexibility index (Phi) is 7.27. The van der Waals surface area contributed by atoms with Crippen molar-refractivity contribution in [1.82, 2.24) is 10.2 Å². The van der Waals surface area contributed by atoms with Crippen LogP contribution in [-0.4, -0.2) is 51.2 Å². The van der Waals surface area contributed by atoms with Gasteiger partial charge in [0.2, 0.25) is 5.91 Å². The van der Waals surface area contributed by atoms with Crippen LogP contribution in [0.15, 0.2) is 0 Å².